The number of carbonyl (C=O) groups is 1. The average Bonchev–Trinajstić information content (AvgIpc) is 3.27. The lowest BCUT2D eigenvalue weighted by atomic mass is 9.83. The molecule has 24 heavy (non-hydrogen) atoms. The number of rotatable bonds is 12. The highest BCUT2D eigenvalue weighted by Crippen LogP contribution is 2.27. The van der Waals surface area contributed by atoms with Crippen molar-refractivity contribution in [3.05, 3.63) is 0 Å². The summed E-state index contributed by atoms with van der Waals surface area (Å²) in [6.07, 6.45) is 10.6. The standard InChI is InChI=1S/C21H36O3/c1-5-6-9-13-19-20(24-19)15-14-18(23)12-10-7-8-11-16-21(3,4)17(2)22/h18-20,23H,5-13,16H2,1-4H3. The number of Topliss-reactive ketones (excluding diaryl/α,β-unsaturated/α-hetero) is 1. The molecule has 3 heteroatoms. The van der Waals surface area contributed by atoms with Gasteiger partial charge in [0.05, 0.1) is 6.10 Å². The molecule has 1 fully saturated rings. The molecular formula is C21H36O3. The van der Waals surface area contributed by atoms with E-state index < -0.39 is 6.10 Å². The van der Waals surface area contributed by atoms with Crippen LogP contribution in [0.2, 0.25) is 0 Å². The highest BCUT2D eigenvalue weighted by Gasteiger charge is 2.36. The first-order chi connectivity index (χ1) is 11.4. The normalized spacial score (nSPS) is 21.0. The third kappa shape index (κ3) is 8.85. The molecule has 138 valence electrons. The van der Waals surface area contributed by atoms with Crippen LogP contribution >= 0.6 is 0 Å². The van der Waals surface area contributed by atoms with E-state index in [4.69, 9.17) is 4.74 Å². The number of aliphatic hydroxyl groups excluding tert-OH is 1. The second-order valence-corrected chi connectivity index (χ2v) is 7.79. The number of epoxide rings is 1. The summed E-state index contributed by atoms with van der Waals surface area (Å²) in [4.78, 5) is 11.4. The minimum Gasteiger partial charge on any atom is -0.380 e. The van der Waals surface area contributed by atoms with E-state index in [2.05, 4.69) is 18.8 Å². The van der Waals surface area contributed by atoms with Crippen molar-refractivity contribution in [2.75, 3.05) is 0 Å². The average molecular weight is 337 g/mol. The molecule has 0 saturated carbocycles. The molecule has 1 aliphatic rings. The maximum absolute atomic E-state index is 11.4. The molecule has 0 aromatic rings. The van der Waals surface area contributed by atoms with Gasteiger partial charge in [-0.3, -0.25) is 4.79 Å². The number of hydrogen-bond acceptors (Lipinski definition) is 3. The molecule has 0 aromatic heterocycles. The van der Waals surface area contributed by atoms with E-state index >= 15 is 0 Å². The van der Waals surface area contributed by atoms with Crippen LogP contribution < -0.4 is 0 Å². The van der Waals surface area contributed by atoms with Gasteiger partial charge >= 0.3 is 0 Å². The summed E-state index contributed by atoms with van der Waals surface area (Å²) in [5, 5.41) is 9.91. The van der Waals surface area contributed by atoms with E-state index in [1.165, 1.54) is 19.3 Å². The highest BCUT2D eigenvalue weighted by molar-refractivity contribution is 5.81. The van der Waals surface area contributed by atoms with Gasteiger partial charge in [0.15, 0.2) is 0 Å². The summed E-state index contributed by atoms with van der Waals surface area (Å²) in [5.41, 5.74) is -0.192. The predicted octanol–water partition coefficient (Wildman–Crippen LogP) is 4.65. The molecule has 3 unspecified atom stereocenters. The first-order valence-electron chi connectivity index (χ1n) is 9.72. The first kappa shape index (κ1) is 21.2. The van der Waals surface area contributed by atoms with Crippen molar-refractivity contribution < 1.29 is 14.6 Å². The molecule has 0 radical (unpaired) electrons. The van der Waals surface area contributed by atoms with Crippen LogP contribution in [-0.2, 0) is 9.53 Å². The van der Waals surface area contributed by atoms with Gasteiger partial charge in [0, 0.05) is 5.41 Å². The van der Waals surface area contributed by atoms with Crippen molar-refractivity contribution in [3.63, 3.8) is 0 Å². The summed E-state index contributed by atoms with van der Waals surface area (Å²) in [6, 6.07) is 0. The van der Waals surface area contributed by atoms with Crippen molar-refractivity contribution in [2.45, 2.75) is 110 Å². The molecule has 3 nitrogen and oxygen atoms in total. The molecule has 0 aliphatic carbocycles. The molecule has 1 N–H and O–H groups in total. The largest absolute Gasteiger partial charge is 0.380 e. The molecule has 0 aromatic carbocycles. The molecule has 0 bridgehead atoms. The second kappa shape index (κ2) is 10.9. The summed E-state index contributed by atoms with van der Waals surface area (Å²) in [6.45, 7) is 7.91. The van der Waals surface area contributed by atoms with Crippen LogP contribution in [0.25, 0.3) is 0 Å². The zero-order chi connectivity index (χ0) is 18.0. The predicted molar refractivity (Wildman–Crippen MR) is 98.7 cm³/mol. The van der Waals surface area contributed by atoms with Crippen LogP contribution in [-0.4, -0.2) is 29.2 Å². The van der Waals surface area contributed by atoms with Gasteiger partial charge in [0.1, 0.15) is 18.0 Å². The zero-order valence-corrected chi connectivity index (χ0v) is 16.1. The van der Waals surface area contributed by atoms with E-state index in [1.807, 2.05) is 13.8 Å². The Morgan fingerprint density at radius 2 is 1.88 bits per heavy atom. The summed E-state index contributed by atoms with van der Waals surface area (Å²) in [5.74, 6) is 6.26. The van der Waals surface area contributed by atoms with E-state index in [0.717, 1.165) is 44.9 Å². The minimum atomic E-state index is -0.529. The van der Waals surface area contributed by atoms with Gasteiger partial charge in [-0.2, -0.15) is 0 Å². The molecule has 3 atom stereocenters. The summed E-state index contributed by atoms with van der Waals surface area (Å²) >= 11 is 0. The Morgan fingerprint density at radius 3 is 2.54 bits per heavy atom. The fraction of sp³-hybridized carbons (Fsp3) is 0.857. The Hall–Kier alpha value is -0.850. The minimum absolute atomic E-state index is 0.0605. The van der Waals surface area contributed by atoms with Crippen molar-refractivity contribution in [3.8, 4) is 11.8 Å². The zero-order valence-electron chi connectivity index (χ0n) is 16.1. The lowest BCUT2D eigenvalue weighted by Crippen LogP contribution is -2.20. The molecule has 1 rings (SSSR count). The van der Waals surface area contributed by atoms with Crippen LogP contribution in [0.15, 0.2) is 0 Å². The monoisotopic (exact) mass is 336 g/mol. The van der Waals surface area contributed by atoms with Crippen molar-refractivity contribution in [1.82, 2.24) is 0 Å². The van der Waals surface area contributed by atoms with Gasteiger partial charge in [0.25, 0.3) is 0 Å². The number of carbonyl (C=O) groups excluding carboxylic acids is 1. The van der Waals surface area contributed by atoms with Crippen LogP contribution in [0.3, 0.4) is 0 Å². The second-order valence-electron chi connectivity index (χ2n) is 7.79. The van der Waals surface area contributed by atoms with E-state index in [-0.39, 0.29) is 17.3 Å². The summed E-state index contributed by atoms with van der Waals surface area (Å²) in [7, 11) is 0. The Labute approximate surface area is 148 Å². The first-order valence-corrected chi connectivity index (χ1v) is 9.72. The van der Waals surface area contributed by atoms with E-state index in [9.17, 15) is 9.90 Å². The fourth-order valence-corrected chi connectivity index (χ4v) is 2.77. The lowest BCUT2D eigenvalue weighted by Gasteiger charge is -2.20. The van der Waals surface area contributed by atoms with Crippen molar-refractivity contribution in [1.29, 1.82) is 0 Å². The smallest absolute Gasteiger partial charge is 0.144 e. The van der Waals surface area contributed by atoms with Gasteiger partial charge < -0.3 is 9.84 Å². The van der Waals surface area contributed by atoms with Gasteiger partial charge in [-0.1, -0.05) is 71.1 Å². The van der Waals surface area contributed by atoms with Crippen LogP contribution in [0.1, 0.15) is 91.9 Å². The third-order valence-electron chi connectivity index (χ3n) is 5.05. The van der Waals surface area contributed by atoms with Crippen LogP contribution in [0.4, 0.5) is 0 Å². The van der Waals surface area contributed by atoms with Gasteiger partial charge in [-0.05, 0) is 32.6 Å². The molecule has 0 spiro atoms. The fourth-order valence-electron chi connectivity index (χ4n) is 2.77. The Balaban J connectivity index is 2.02. The Kier molecular flexibility index (Phi) is 9.63. The molecular weight excluding hydrogens is 300 g/mol. The van der Waals surface area contributed by atoms with Gasteiger partial charge in [-0.25, -0.2) is 0 Å². The molecule has 1 aliphatic heterocycles. The topological polar surface area (TPSA) is 49.8 Å². The van der Waals surface area contributed by atoms with Crippen molar-refractivity contribution >= 4 is 5.78 Å². The quantitative estimate of drug-likeness (QED) is 0.320. The van der Waals surface area contributed by atoms with Crippen LogP contribution in [0, 0.1) is 17.3 Å². The molecule has 1 saturated heterocycles. The molecule has 1 heterocycles. The number of ether oxygens (including phenoxy) is 1. The lowest BCUT2D eigenvalue weighted by molar-refractivity contribution is -0.125. The Morgan fingerprint density at radius 1 is 1.17 bits per heavy atom. The molecule has 0 amide bonds. The SMILES string of the molecule is CCCCCC1OC1C#CC(O)CCCCCCC(C)(C)C(C)=O. The van der Waals surface area contributed by atoms with Crippen molar-refractivity contribution in [2.24, 2.45) is 5.41 Å². The number of aliphatic hydroxyl groups is 1. The van der Waals surface area contributed by atoms with E-state index in [0.29, 0.717) is 6.10 Å². The van der Waals surface area contributed by atoms with Gasteiger partial charge in [-0.15, -0.1) is 0 Å². The number of hydrogen-bond donors (Lipinski definition) is 1. The highest BCUT2D eigenvalue weighted by atomic mass is 16.6. The Bertz CT molecular complexity index is 430. The van der Waals surface area contributed by atoms with E-state index in [1.54, 1.807) is 6.92 Å². The summed E-state index contributed by atoms with van der Waals surface area (Å²) < 4.78 is 5.51. The van der Waals surface area contributed by atoms with Gasteiger partial charge in [0.2, 0.25) is 0 Å². The number of unbranched alkanes of at least 4 members (excludes halogenated alkanes) is 5. The maximum atomic E-state index is 11.4. The number of ketones is 1. The maximum Gasteiger partial charge on any atom is 0.144 e. The third-order valence-corrected chi connectivity index (χ3v) is 5.05. The van der Waals surface area contributed by atoms with Crippen LogP contribution in [0.5, 0.6) is 0 Å².